The molecule has 0 saturated carbocycles. The smallest absolute Gasteiger partial charge is 0.229 e. The Morgan fingerprint density at radius 3 is 2.78 bits per heavy atom. The second-order valence-electron chi connectivity index (χ2n) is 5.79. The number of hydrogen-bond acceptors (Lipinski definition) is 4. The van der Waals surface area contributed by atoms with E-state index in [2.05, 4.69) is 15.3 Å². The molecule has 1 heterocycles. The van der Waals surface area contributed by atoms with Crippen molar-refractivity contribution in [1.82, 2.24) is 9.97 Å². The van der Waals surface area contributed by atoms with E-state index in [0.717, 1.165) is 17.7 Å². The summed E-state index contributed by atoms with van der Waals surface area (Å²) in [6, 6.07) is 9.99. The Morgan fingerprint density at radius 2 is 2.04 bits per heavy atom. The summed E-state index contributed by atoms with van der Waals surface area (Å²) in [5, 5.41) is 2.69. The molecule has 1 unspecified atom stereocenters. The average Bonchev–Trinajstić information content (AvgIpc) is 2.55. The monoisotopic (exact) mass is 309 g/mol. The number of carbonyl (C=O) groups excluding carboxylic acids is 2. The van der Waals surface area contributed by atoms with Gasteiger partial charge in [0.2, 0.25) is 11.9 Å². The highest BCUT2D eigenvalue weighted by atomic mass is 16.1. The van der Waals surface area contributed by atoms with Crippen molar-refractivity contribution in [3.63, 3.8) is 0 Å². The summed E-state index contributed by atoms with van der Waals surface area (Å²) >= 11 is 0. The molecule has 0 fully saturated rings. The van der Waals surface area contributed by atoms with Crippen molar-refractivity contribution in [2.24, 2.45) is 0 Å². The van der Waals surface area contributed by atoms with Crippen LogP contribution in [-0.2, 0) is 11.2 Å². The zero-order valence-corrected chi connectivity index (χ0v) is 13.1. The van der Waals surface area contributed by atoms with Crippen molar-refractivity contribution in [3.05, 3.63) is 53.3 Å². The van der Waals surface area contributed by atoms with Crippen LogP contribution in [0.25, 0.3) is 0 Å². The molecule has 3 rings (SSSR count). The van der Waals surface area contributed by atoms with E-state index in [0.29, 0.717) is 24.8 Å². The van der Waals surface area contributed by atoms with E-state index in [1.807, 2.05) is 37.3 Å². The molecule has 1 aliphatic rings. The molecule has 1 aromatic heterocycles. The van der Waals surface area contributed by atoms with Gasteiger partial charge in [-0.15, -0.1) is 0 Å². The average molecular weight is 309 g/mol. The Labute approximate surface area is 135 Å². The number of ketones is 1. The lowest BCUT2D eigenvalue weighted by molar-refractivity contribution is -0.116. The fourth-order valence-electron chi connectivity index (χ4n) is 2.88. The summed E-state index contributed by atoms with van der Waals surface area (Å²) in [5.41, 5.74) is 2.43. The maximum Gasteiger partial charge on any atom is 0.229 e. The van der Waals surface area contributed by atoms with Crippen LogP contribution in [0.5, 0.6) is 0 Å². The predicted octanol–water partition coefficient (Wildman–Crippen LogP) is 3.13. The fourth-order valence-corrected chi connectivity index (χ4v) is 2.88. The maximum absolute atomic E-state index is 12.3. The first kappa shape index (κ1) is 15.3. The fraction of sp³-hybridized carbons (Fsp3) is 0.333. The normalized spacial score (nSPS) is 16.7. The maximum atomic E-state index is 12.3. The third-order valence-corrected chi connectivity index (χ3v) is 4.04. The van der Waals surface area contributed by atoms with Crippen LogP contribution in [-0.4, -0.2) is 21.7 Å². The van der Waals surface area contributed by atoms with Gasteiger partial charge in [-0.25, -0.2) is 9.97 Å². The van der Waals surface area contributed by atoms with Gasteiger partial charge in [-0.2, -0.15) is 0 Å². The lowest BCUT2D eigenvalue weighted by Gasteiger charge is -2.23. The van der Waals surface area contributed by atoms with Gasteiger partial charge in [0.15, 0.2) is 5.78 Å². The van der Waals surface area contributed by atoms with Gasteiger partial charge in [0.05, 0.1) is 11.3 Å². The molecular weight excluding hydrogens is 290 g/mol. The Morgan fingerprint density at radius 1 is 1.26 bits per heavy atom. The highest BCUT2D eigenvalue weighted by molar-refractivity contribution is 5.98. The number of nitrogens with one attached hydrogen (secondary N) is 1. The molecule has 1 atom stereocenters. The first-order valence-electron chi connectivity index (χ1n) is 7.91. The number of fused-ring (bicyclic) bond motifs is 1. The van der Waals surface area contributed by atoms with E-state index in [-0.39, 0.29) is 23.6 Å². The number of nitrogens with zero attached hydrogens (tertiary/aromatic N) is 2. The standard InChI is InChI=1S/C18H19N3O2/c1-2-6-17(23)21-18-19-11-14-15(20-18)9-13(10-16(14)22)12-7-4-3-5-8-12/h3-5,7-8,11,13H,2,6,9-10H2,1H3,(H,19,20,21,23). The minimum Gasteiger partial charge on any atom is -0.295 e. The summed E-state index contributed by atoms with van der Waals surface area (Å²) < 4.78 is 0. The van der Waals surface area contributed by atoms with Crippen LogP contribution in [0, 0.1) is 0 Å². The van der Waals surface area contributed by atoms with Gasteiger partial charge >= 0.3 is 0 Å². The first-order valence-corrected chi connectivity index (χ1v) is 7.91. The SMILES string of the molecule is CCCC(=O)Nc1ncc2c(n1)CC(c1ccccc1)CC2=O. The number of Topliss-reactive ketones (excluding diaryl/α,β-unsaturated/α-hetero) is 1. The minimum absolute atomic E-state index is 0.0616. The van der Waals surface area contributed by atoms with E-state index in [4.69, 9.17) is 0 Å². The van der Waals surface area contributed by atoms with Crippen LogP contribution in [0.1, 0.15) is 53.7 Å². The van der Waals surface area contributed by atoms with Crippen molar-refractivity contribution in [3.8, 4) is 0 Å². The van der Waals surface area contributed by atoms with Crippen molar-refractivity contribution in [2.75, 3.05) is 5.32 Å². The van der Waals surface area contributed by atoms with Gasteiger partial charge in [0.25, 0.3) is 0 Å². The molecule has 5 nitrogen and oxygen atoms in total. The van der Waals surface area contributed by atoms with Crippen molar-refractivity contribution < 1.29 is 9.59 Å². The van der Waals surface area contributed by atoms with Gasteiger partial charge in [-0.1, -0.05) is 37.3 Å². The molecule has 0 saturated heterocycles. The van der Waals surface area contributed by atoms with Crippen LogP contribution in [0.3, 0.4) is 0 Å². The number of aromatic nitrogens is 2. The van der Waals surface area contributed by atoms with Crippen LogP contribution >= 0.6 is 0 Å². The Bertz CT molecular complexity index is 728. The topological polar surface area (TPSA) is 72.0 Å². The van der Waals surface area contributed by atoms with E-state index >= 15 is 0 Å². The second-order valence-corrected chi connectivity index (χ2v) is 5.79. The van der Waals surface area contributed by atoms with Gasteiger partial charge in [-0.05, 0) is 24.3 Å². The third kappa shape index (κ3) is 3.44. The summed E-state index contributed by atoms with van der Waals surface area (Å²) in [4.78, 5) is 32.5. The molecule has 23 heavy (non-hydrogen) atoms. The Balaban J connectivity index is 1.84. The first-order chi connectivity index (χ1) is 11.2. The molecule has 0 aliphatic heterocycles. The Hall–Kier alpha value is -2.56. The molecule has 0 bridgehead atoms. The van der Waals surface area contributed by atoms with E-state index < -0.39 is 0 Å². The number of anilines is 1. The molecule has 1 N–H and O–H groups in total. The molecule has 1 aromatic carbocycles. The van der Waals surface area contributed by atoms with Crippen molar-refractivity contribution in [1.29, 1.82) is 0 Å². The number of amides is 1. The highest BCUT2D eigenvalue weighted by Crippen LogP contribution is 2.31. The van der Waals surface area contributed by atoms with E-state index in [9.17, 15) is 9.59 Å². The number of benzene rings is 1. The van der Waals surface area contributed by atoms with Crippen molar-refractivity contribution >= 4 is 17.6 Å². The highest BCUT2D eigenvalue weighted by Gasteiger charge is 2.28. The van der Waals surface area contributed by atoms with Gasteiger partial charge in [0, 0.05) is 19.0 Å². The molecule has 118 valence electrons. The Kier molecular flexibility index (Phi) is 4.46. The molecule has 0 radical (unpaired) electrons. The molecule has 1 amide bonds. The molecular formula is C18H19N3O2. The summed E-state index contributed by atoms with van der Waals surface area (Å²) in [6.45, 7) is 1.94. The predicted molar refractivity (Wildman–Crippen MR) is 87.4 cm³/mol. The molecule has 0 spiro atoms. The molecule has 1 aliphatic carbocycles. The van der Waals surface area contributed by atoms with Gasteiger partial charge in [-0.3, -0.25) is 14.9 Å². The van der Waals surface area contributed by atoms with E-state index in [1.165, 1.54) is 6.20 Å². The second kappa shape index (κ2) is 6.69. The molecule has 5 heteroatoms. The quantitative estimate of drug-likeness (QED) is 0.942. The third-order valence-electron chi connectivity index (χ3n) is 4.04. The number of hydrogen-bond donors (Lipinski definition) is 1. The number of carbonyl (C=O) groups is 2. The number of rotatable bonds is 4. The van der Waals surface area contributed by atoms with Crippen LogP contribution in [0.15, 0.2) is 36.5 Å². The molecule has 2 aromatic rings. The largest absolute Gasteiger partial charge is 0.295 e. The van der Waals surface area contributed by atoms with Crippen LogP contribution in [0.2, 0.25) is 0 Å². The zero-order chi connectivity index (χ0) is 16.2. The van der Waals surface area contributed by atoms with Crippen LogP contribution < -0.4 is 5.32 Å². The lowest BCUT2D eigenvalue weighted by Crippen LogP contribution is -2.22. The van der Waals surface area contributed by atoms with Crippen molar-refractivity contribution in [2.45, 2.75) is 38.5 Å². The summed E-state index contributed by atoms with van der Waals surface area (Å²) in [5.74, 6) is 0.370. The zero-order valence-electron chi connectivity index (χ0n) is 13.1. The van der Waals surface area contributed by atoms with Gasteiger partial charge < -0.3 is 0 Å². The lowest BCUT2D eigenvalue weighted by atomic mass is 9.82. The van der Waals surface area contributed by atoms with Gasteiger partial charge in [0.1, 0.15) is 0 Å². The summed E-state index contributed by atoms with van der Waals surface area (Å²) in [6.07, 6.45) is 3.90. The summed E-state index contributed by atoms with van der Waals surface area (Å²) in [7, 11) is 0. The van der Waals surface area contributed by atoms with Crippen LogP contribution in [0.4, 0.5) is 5.95 Å². The minimum atomic E-state index is -0.103. The van der Waals surface area contributed by atoms with E-state index in [1.54, 1.807) is 0 Å².